The number of methoxy groups -OCH3 is 1. The monoisotopic (exact) mass is 449 g/mol. The standard InChI is InChI=1S/C23H22F3NO3S/c1-14-3-5-16(6-4-14)19-18(15-7-9-17(30-2)10-8-15)27-20(31-19)21(28)11-12-22(29,13-21)23(24,25)26/h3-10,28-29H,11-13H2,1-2H3. The normalized spacial score (nSPS) is 23.8. The minimum absolute atomic E-state index is 0.175. The van der Waals surface area contributed by atoms with Crippen molar-refractivity contribution in [3.05, 3.63) is 59.1 Å². The summed E-state index contributed by atoms with van der Waals surface area (Å²) in [5, 5.41) is 21.4. The van der Waals surface area contributed by atoms with Crippen molar-refractivity contribution in [3.63, 3.8) is 0 Å². The number of hydrogen-bond acceptors (Lipinski definition) is 5. The molecule has 164 valence electrons. The lowest BCUT2D eigenvalue weighted by Crippen LogP contribution is -2.44. The maximum Gasteiger partial charge on any atom is 0.417 e. The molecule has 1 aliphatic rings. The van der Waals surface area contributed by atoms with Crippen molar-refractivity contribution >= 4 is 11.3 Å². The van der Waals surface area contributed by atoms with Gasteiger partial charge in [-0.25, -0.2) is 4.98 Å². The van der Waals surface area contributed by atoms with Gasteiger partial charge in [-0.15, -0.1) is 11.3 Å². The van der Waals surface area contributed by atoms with Crippen LogP contribution in [-0.4, -0.2) is 34.1 Å². The Morgan fingerprint density at radius 1 is 0.968 bits per heavy atom. The van der Waals surface area contributed by atoms with Crippen LogP contribution in [0.2, 0.25) is 0 Å². The number of benzene rings is 2. The number of alkyl halides is 3. The lowest BCUT2D eigenvalue weighted by atomic mass is 9.97. The predicted molar refractivity (Wildman–Crippen MR) is 113 cm³/mol. The fraction of sp³-hybridized carbons (Fsp3) is 0.348. The van der Waals surface area contributed by atoms with Gasteiger partial charge in [-0.1, -0.05) is 29.8 Å². The Bertz CT molecular complexity index is 1080. The Kier molecular flexibility index (Phi) is 5.36. The van der Waals surface area contributed by atoms with E-state index in [9.17, 15) is 23.4 Å². The molecule has 1 heterocycles. The second-order valence-corrected chi connectivity index (χ2v) is 9.03. The second-order valence-electron chi connectivity index (χ2n) is 8.03. The molecule has 2 atom stereocenters. The average Bonchev–Trinajstić information content (AvgIpc) is 3.32. The van der Waals surface area contributed by atoms with Crippen LogP contribution in [0.5, 0.6) is 5.75 Å². The molecule has 0 spiro atoms. The van der Waals surface area contributed by atoms with Crippen LogP contribution in [0.4, 0.5) is 13.2 Å². The third-order valence-electron chi connectivity index (χ3n) is 5.77. The maximum absolute atomic E-state index is 13.3. The molecule has 4 nitrogen and oxygen atoms in total. The number of ether oxygens (including phenoxy) is 1. The minimum atomic E-state index is -4.81. The fourth-order valence-corrected chi connectivity index (χ4v) is 5.07. The number of hydrogen-bond donors (Lipinski definition) is 2. The quantitative estimate of drug-likeness (QED) is 0.555. The summed E-state index contributed by atoms with van der Waals surface area (Å²) < 4.78 is 45.2. The largest absolute Gasteiger partial charge is 0.497 e. The Morgan fingerprint density at radius 2 is 1.58 bits per heavy atom. The van der Waals surface area contributed by atoms with E-state index in [-0.39, 0.29) is 11.4 Å². The van der Waals surface area contributed by atoms with Crippen LogP contribution in [0.3, 0.4) is 0 Å². The molecule has 2 aromatic carbocycles. The number of halogens is 3. The van der Waals surface area contributed by atoms with E-state index in [1.54, 1.807) is 19.2 Å². The Morgan fingerprint density at radius 3 is 2.13 bits per heavy atom. The Labute approximate surface area is 182 Å². The molecular weight excluding hydrogens is 427 g/mol. The summed E-state index contributed by atoms with van der Waals surface area (Å²) in [6.45, 7) is 1.96. The molecule has 3 aromatic rings. The topological polar surface area (TPSA) is 62.6 Å². The Hall–Kier alpha value is -2.42. The summed E-state index contributed by atoms with van der Waals surface area (Å²) in [7, 11) is 1.56. The van der Waals surface area contributed by atoms with Gasteiger partial charge in [0.05, 0.1) is 17.7 Å². The van der Waals surface area contributed by atoms with Gasteiger partial charge in [0.2, 0.25) is 0 Å². The lowest BCUT2D eigenvalue weighted by Gasteiger charge is -2.27. The van der Waals surface area contributed by atoms with Crippen molar-refractivity contribution in [1.29, 1.82) is 0 Å². The van der Waals surface area contributed by atoms with Gasteiger partial charge in [-0.05, 0) is 49.6 Å². The van der Waals surface area contributed by atoms with E-state index in [1.807, 2.05) is 43.3 Å². The zero-order chi connectivity index (χ0) is 22.4. The highest BCUT2D eigenvalue weighted by molar-refractivity contribution is 7.15. The highest BCUT2D eigenvalue weighted by atomic mass is 32.1. The van der Waals surface area contributed by atoms with Crippen molar-refractivity contribution in [2.24, 2.45) is 0 Å². The smallest absolute Gasteiger partial charge is 0.417 e. The van der Waals surface area contributed by atoms with Crippen LogP contribution in [0, 0.1) is 6.92 Å². The van der Waals surface area contributed by atoms with E-state index in [4.69, 9.17) is 4.74 Å². The van der Waals surface area contributed by atoms with Crippen LogP contribution in [0.15, 0.2) is 48.5 Å². The van der Waals surface area contributed by atoms with Crippen LogP contribution >= 0.6 is 11.3 Å². The van der Waals surface area contributed by atoms with Gasteiger partial charge < -0.3 is 14.9 Å². The molecule has 1 aliphatic carbocycles. The summed E-state index contributed by atoms with van der Waals surface area (Å²) >= 11 is 1.16. The molecule has 0 saturated heterocycles. The summed E-state index contributed by atoms with van der Waals surface area (Å²) in [4.78, 5) is 5.33. The van der Waals surface area contributed by atoms with Crippen molar-refractivity contribution in [2.75, 3.05) is 7.11 Å². The van der Waals surface area contributed by atoms with Crippen LogP contribution in [-0.2, 0) is 5.60 Å². The summed E-state index contributed by atoms with van der Waals surface area (Å²) in [5.41, 5.74) is -1.51. The fourth-order valence-electron chi connectivity index (χ4n) is 3.86. The zero-order valence-corrected chi connectivity index (χ0v) is 17.8. The number of rotatable bonds is 4. The van der Waals surface area contributed by atoms with Crippen molar-refractivity contribution in [3.8, 4) is 27.4 Å². The third-order valence-corrected chi connectivity index (χ3v) is 7.06. The maximum atomic E-state index is 13.3. The van der Waals surface area contributed by atoms with E-state index in [1.165, 1.54) is 0 Å². The van der Waals surface area contributed by atoms with Crippen LogP contribution in [0.25, 0.3) is 21.7 Å². The summed E-state index contributed by atoms with van der Waals surface area (Å²) in [6, 6.07) is 14.9. The first-order valence-electron chi connectivity index (χ1n) is 9.79. The first-order valence-corrected chi connectivity index (χ1v) is 10.6. The molecule has 2 N–H and O–H groups in total. The molecule has 1 saturated carbocycles. The van der Waals surface area contributed by atoms with Gasteiger partial charge in [0.25, 0.3) is 0 Å². The van der Waals surface area contributed by atoms with Gasteiger partial charge in [0.1, 0.15) is 16.4 Å². The number of aryl methyl sites for hydroxylation is 1. The van der Waals surface area contributed by atoms with Crippen LogP contribution < -0.4 is 4.74 Å². The van der Waals surface area contributed by atoms with E-state index in [0.29, 0.717) is 11.4 Å². The molecule has 31 heavy (non-hydrogen) atoms. The van der Waals surface area contributed by atoms with Crippen LogP contribution in [0.1, 0.15) is 29.8 Å². The van der Waals surface area contributed by atoms with E-state index >= 15 is 0 Å². The summed E-state index contributed by atoms with van der Waals surface area (Å²) in [6.07, 6.45) is -6.42. The van der Waals surface area contributed by atoms with E-state index in [2.05, 4.69) is 4.98 Å². The molecule has 1 aromatic heterocycles. The number of aliphatic hydroxyl groups is 2. The number of thiazole rings is 1. The molecular formula is C23H22F3NO3S. The number of nitrogens with zero attached hydrogens (tertiary/aromatic N) is 1. The molecule has 0 amide bonds. The molecule has 8 heteroatoms. The van der Waals surface area contributed by atoms with Gasteiger partial charge in [-0.2, -0.15) is 13.2 Å². The average molecular weight is 449 g/mol. The molecule has 0 radical (unpaired) electrons. The highest BCUT2D eigenvalue weighted by Crippen LogP contribution is 2.53. The molecule has 0 bridgehead atoms. The molecule has 0 aliphatic heterocycles. The number of aromatic nitrogens is 1. The zero-order valence-electron chi connectivity index (χ0n) is 17.0. The lowest BCUT2D eigenvalue weighted by molar-refractivity contribution is -0.261. The minimum Gasteiger partial charge on any atom is -0.497 e. The van der Waals surface area contributed by atoms with Crippen molar-refractivity contribution in [1.82, 2.24) is 4.98 Å². The summed E-state index contributed by atoms with van der Waals surface area (Å²) in [5.74, 6) is 0.667. The van der Waals surface area contributed by atoms with Gasteiger partial charge in [0, 0.05) is 12.0 Å². The van der Waals surface area contributed by atoms with Gasteiger partial charge >= 0.3 is 6.18 Å². The highest BCUT2D eigenvalue weighted by Gasteiger charge is 2.62. The third kappa shape index (κ3) is 3.95. The van der Waals surface area contributed by atoms with Crippen molar-refractivity contribution in [2.45, 2.75) is 43.6 Å². The SMILES string of the molecule is COc1ccc(-c2nc(C3(O)CCC(O)(C(F)(F)F)C3)sc2-c2ccc(C)cc2)cc1. The molecule has 1 fully saturated rings. The Balaban J connectivity index is 1.81. The second kappa shape index (κ2) is 7.62. The predicted octanol–water partition coefficient (Wildman–Crippen LogP) is 5.46. The first kappa shape index (κ1) is 21.8. The first-order chi connectivity index (χ1) is 14.5. The van der Waals surface area contributed by atoms with E-state index < -0.39 is 30.2 Å². The molecule has 4 rings (SSSR count). The van der Waals surface area contributed by atoms with E-state index in [0.717, 1.165) is 32.9 Å². The molecule has 2 unspecified atom stereocenters. The van der Waals surface area contributed by atoms with Crippen molar-refractivity contribution < 1.29 is 28.1 Å². The van der Waals surface area contributed by atoms with Gasteiger partial charge in [-0.3, -0.25) is 0 Å². The van der Waals surface area contributed by atoms with Gasteiger partial charge in [0.15, 0.2) is 5.60 Å².